The summed E-state index contributed by atoms with van der Waals surface area (Å²) in [5, 5.41) is 27.9. The maximum atomic E-state index is 9.51. The van der Waals surface area contributed by atoms with Gasteiger partial charge in [-0.3, -0.25) is 4.99 Å². The summed E-state index contributed by atoms with van der Waals surface area (Å²) in [6, 6.07) is 6.78. The van der Waals surface area contributed by atoms with E-state index in [-0.39, 0.29) is 19.0 Å². The zero-order valence-corrected chi connectivity index (χ0v) is 9.30. The molecule has 0 unspecified atom stereocenters. The second kappa shape index (κ2) is 5.63. The normalized spacial score (nSPS) is 12.2. The average Bonchev–Trinajstić information content (AvgIpc) is 2.34. The lowest BCUT2D eigenvalue weighted by Gasteiger charge is -2.23. The van der Waals surface area contributed by atoms with E-state index < -0.39 is 5.54 Å². The van der Waals surface area contributed by atoms with E-state index in [9.17, 15) is 15.3 Å². The van der Waals surface area contributed by atoms with E-state index in [0.29, 0.717) is 12.0 Å². The maximum absolute atomic E-state index is 9.51. The fourth-order valence-corrected chi connectivity index (χ4v) is 1.25. The highest BCUT2D eigenvalue weighted by Gasteiger charge is 2.24. The van der Waals surface area contributed by atoms with Crippen LogP contribution in [0.1, 0.15) is 18.9 Å². The summed E-state index contributed by atoms with van der Waals surface area (Å²) in [7, 11) is 0. The van der Waals surface area contributed by atoms with Crippen LogP contribution in [0.15, 0.2) is 29.3 Å². The molecule has 4 heteroatoms. The quantitative estimate of drug-likeness (QED) is 0.650. The molecule has 4 nitrogen and oxygen atoms in total. The number of nitrogens with zero attached hydrogens (tertiary/aromatic N) is 1. The second-order valence-corrected chi connectivity index (χ2v) is 3.71. The first-order chi connectivity index (χ1) is 7.67. The molecule has 3 N–H and O–H groups in total. The number of aromatic hydroxyl groups is 1. The molecule has 0 fully saturated rings. The van der Waals surface area contributed by atoms with E-state index in [4.69, 9.17) is 0 Å². The summed E-state index contributed by atoms with van der Waals surface area (Å²) >= 11 is 0. The van der Waals surface area contributed by atoms with Crippen LogP contribution in [0.4, 0.5) is 0 Å². The zero-order valence-electron chi connectivity index (χ0n) is 9.30. The molecule has 1 aromatic rings. The Morgan fingerprint density at radius 2 is 1.88 bits per heavy atom. The highest BCUT2D eigenvalue weighted by atomic mass is 16.3. The van der Waals surface area contributed by atoms with E-state index in [1.165, 1.54) is 6.21 Å². The van der Waals surface area contributed by atoms with Gasteiger partial charge in [0.15, 0.2) is 0 Å². The molecule has 1 aromatic carbocycles. The number of hydrogen-bond donors (Lipinski definition) is 3. The molecule has 0 bridgehead atoms. The minimum atomic E-state index is -0.859. The summed E-state index contributed by atoms with van der Waals surface area (Å²) in [6.07, 6.45) is 2.01. The standard InChI is InChI=1S/C12H17NO3/c1-2-12(8-14,9-15)13-7-10-5-3-4-6-11(10)16/h3-7,14-16H,2,8-9H2,1H3. The third-order valence-electron chi connectivity index (χ3n) is 2.66. The first-order valence-electron chi connectivity index (χ1n) is 5.22. The lowest BCUT2D eigenvalue weighted by Crippen LogP contribution is -2.34. The van der Waals surface area contributed by atoms with Crippen molar-refractivity contribution in [2.75, 3.05) is 13.2 Å². The maximum Gasteiger partial charge on any atom is 0.124 e. The first kappa shape index (κ1) is 12.7. The Balaban J connectivity index is 2.91. The molecule has 0 radical (unpaired) electrons. The fraction of sp³-hybridized carbons (Fsp3) is 0.417. The van der Waals surface area contributed by atoms with Crippen molar-refractivity contribution < 1.29 is 15.3 Å². The third kappa shape index (κ3) is 2.81. The predicted octanol–water partition coefficient (Wildman–Crippen LogP) is 0.944. The molecule has 0 aliphatic heterocycles. The van der Waals surface area contributed by atoms with Crippen LogP contribution in [0, 0.1) is 0 Å². The number of benzene rings is 1. The van der Waals surface area contributed by atoms with Crippen molar-refractivity contribution >= 4 is 6.21 Å². The van der Waals surface area contributed by atoms with Gasteiger partial charge in [0.1, 0.15) is 11.3 Å². The lowest BCUT2D eigenvalue weighted by atomic mass is 9.99. The van der Waals surface area contributed by atoms with E-state index in [0.717, 1.165) is 0 Å². The Morgan fingerprint density at radius 1 is 1.25 bits per heavy atom. The van der Waals surface area contributed by atoms with Crippen LogP contribution in [-0.4, -0.2) is 40.3 Å². The van der Waals surface area contributed by atoms with Crippen LogP contribution in [0.25, 0.3) is 0 Å². The number of rotatable bonds is 5. The molecule has 0 saturated heterocycles. The molecule has 0 spiro atoms. The van der Waals surface area contributed by atoms with Crippen molar-refractivity contribution in [1.29, 1.82) is 0 Å². The average molecular weight is 223 g/mol. The summed E-state index contributed by atoms with van der Waals surface area (Å²) in [6.45, 7) is 1.41. The van der Waals surface area contributed by atoms with Gasteiger partial charge in [0.25, 0.3) is 0 Å². The molecule has 1 rings (SSSR count). The van der Waals surface area contributed by atoms with Crippen LogP contribution in [0.5, 0.6) is 5.75 Å². The van der Waals surface area contributed by atoms with E-state index in [1.807, 2.05) is 6.92 Å². The number of aliphatic imine (C=N–C) groups is 1. The minimum absolute atomic E-state index is 0.132. The molecule has 0 aromatic heterocycles. The Labute approximate surface area is 94.9 Å². The fourth-order valence-electron chi connectivity index (χ4n) is 1.25. The van der Waals surface area contributed by atoms with Crippen LogP contribution in [-0.2, 0) is 0 Å². The largest absolute Gasteiger partial charge is 0.507 e. The number of phenols is 1. The molecule has 0 saturated carbocycles. The number of para-hydroxylation sites is 1. The van der Waals surface area contributed by atoms with Crippen molar-refractivity contribution in [1.82, 2.24) is 0 Å². The Bertz CT molecular complexity index is 351. The topological polar surface area (TPSA) is 73.0 Å². The molecular weight excluding hydrogens is 206 g/mol. The Hall–Kier alpha value is -1.39. The van der Waals surface area contributed by atoms with Crippen molar-refractivity contribution in [3.8, 4) is 5.75 Å². The van der Waals surface area contributed by atoms with Crippen LogP contribution < -0.4 is 0 Å². The van der Waals surface area contributed by atoms with Gasteiger partial charge in [-0.25, -0.2) is 0 Å². The molecule has 0 atom stereocenters. The van der Waals surface area contributed by atoms with Gasteiger partial charge in [-0.2, -0.15) is 0 Å². The van der Waals surface area contributed by atoms with Gasteiger partial charge in [0.05, 0.1) is 13.2 Å². The van der Waals surface area contributed by atoms with Gasteiger partial charge in [-0.15, -0.1) is 0 Å². The van der Waals surface area contributed by atoms with Crippen LogP contribution in [0.3, 0.4) is 0 Å². The summed E-state index contributed by atoms with van der Waals surface area (Å²) in [5.74, 6) is 0.132. The van der Waals surface area contributed by atoms with Gasteiger partial charge in [-0.05, 0) is 18.6 Å². The Morgan fingerprint density at radius 3 is 2.38 bits per heavy atom. The highest BCUT2D eigenvalue weighted by molar-refractivity contribution is 5.83. The summed E-state index contributed by atoms with van der Waals surface area (Å²) in [4.78, 5) is 4.16. The van der Waals surface area contributed by atoms with Gasteiger partial charge in [0.2, 0.25) is 0 Å². The van der Waals surface area contributed by atoms with Gasteiger partial charge < -0.3 is 15.3 Å². The minimum Gasteiger partial charge on any atom is -0.507 e. The van der Waals surface area contributed by atoms with Gasteiger partial charge in [0, 0.05) is 11.8 Å². The monoisotopic (exact) mass is 223 g/mol. The number of aliphatic hydroxyl groups is 2. The molecule has 0 aliphatic rings. The van der Waals surface area contributed by atoms with Gasteiger partial charge >= 0.3 is 0 Å². The molecule has 16 heavy (non-hydrogen) atoms. The van der Waals surface area contributed by atoms with E-state index >= 15 is 0 Å². The van der Waals surface area contributed by atoms with Crippen molar-refractivity contribution in [2.45, 2.75) is 18.9 Å². The SMILES string of the molecule is CCC(CO)(CO)N=Cc1ccccc1O. The number of hydrogen-bond acceptors (Lipinski definition) is 4. The molecule has 88 valence electrons. The van der Waals surface area contributed by atoms with Crippen LogP contribution in [0.2, 0.25) is 0 Å². The van der Waals surface area contributed by atoms with E-state index in [1.54, 1.807) is 24.3 Å². The smallest absolute Gasteiger partial charge is 0.124 e. The second-order valence-electron chi connectivity index (χ2n) is 3.71. The first-order valence-corrected chi connectivity index (χ1v) is 5.22. The third-order valence-corrected chi connectivity index (χ3v) is 2.66. The highest BCUT2D eigenvalue weighted by Crippen LogP contribution is 2.17. The molecule has 0 amide bonds. The summed E-state index contributed by atoms with van der Waals surface area (Å²) < 4.78 is 0. The van der Waals surface area contributed by atoms with E-state index in [2.05, 4.69) is 4.99 Å². The predicted molar refractivity (Wildman–Crippen MR) is 62.9 cm³/mol. The van der Waals surface area contributed by atoms with Crippen molar-refractivity contribution in [3.05, 3.63) is 29.8 Å². The number of aliphatic hydroxyl groups excluding tert-OH is 2. The summed E-state index contributed by atoms with van der Waals surface area (Å²) in [5.41, 5.74) is -0.287. The zero-order chi connectivity index (χ0) is 12.0. The van der Waals surface area contributed by atoms with Crippen molar-refractivity contribution in [3.63, 3.8) is 0 Å². The van der Waals surface area contributed by atoms with Crippen molar-refractivity contribution in [2.24, 2.45) is 4.99 Å². The molecule has 0 aliphatic carbocycles. The van der Waals surface area contributed by atoms with Crippen LogP contribution >= 0.6 is 0 Å². The molecule has 0 heterocycles. The van der Waals surface area contributed by atoms with Gasteiger partial charge in [-0.1, -0.05) is 19.1 Å². The molecular formula is C12H17NO3. The Kier molecular flexibility index (Phi) is 4.46. The number of phenolic OH excluding ortho intramolecular Hbond substituents is 1. The lowest BCUT2D eigenvalue weighted by molar-refractivity contribution is 0.120.